The predicted molar refractivity (Wildman–Crippen MR) is 93.9 cm³/mol. The first kappa shape index (κ1) is 15.0. The van der Waals surface area contributed by atoms with Crippen LogP contribution in [-0.4, -0.2) is 37.5 Å². The maximum Gasteiger partial charge on any atom is 0.356 e. The fourth-order valence-corrected chi connectivity index (χ4v) is 3.60. The lowest BCUT2D eigenvalue weighted by molar-refractivity contribution is 0.0688. The van der Waals surface area contributed by atoms with Crippen molar-refractivity contribution in [1.82, 2.24) is 14.6 Å². The smallest absolute Gasteiger partial charge is 0.356 e. The fraction of sp³-hybridized carbons (Fsp3) is 0.235. The van der Waals surface area contributed by atoms with E-state index in [1.165, 1.54) is 16.3 Å². The Morgan fingerprint density at radius 1 is 1.21 bits per heavy atom. The molecule has 0 radical (unpaired) electrons. The van der Waals surface area contributed by atoms with E-state index in [1.54, 1.807) is 6.07 Å². The maximum absolute atomic E-state index is 11.3. The molecule has 2 atom stereocenters. The van der Waals surface area contributed by atoms with Gasteiger partial charge in [0.05, 0.1) is 12.2 Å². The second-order valence-electron chi connectivity index (χ2n) is 5.88. The minimum Gasteiger partial charge on any atom is -0.476 e. The summed E-state index contributed by atoms with van der Waals surface area (Å²) in [6, 6.07) is 14.1. The number of rotatable bonds is 3. The van der Waals surface area contributed by atoms with E-state index < -0.39 is 5.97 Å². The van der Waals surface area contributed by atoms with Crippen molar-refractivity contribution in [3.8, 4) is 0 Å². The molecule has 122 valence electrons. The summed E-state index contributed by atoms with van der Waals surface area (Å²) in [5, 5.41) is 14.0. The lowest BCUT2D eigenvalue weighted by atomic mass is 10.0. The molecule has 24 heavy (non-hydrogen) atoms. The number of imidazole rings is 1. The summed E-state index contributed by atoms with van der Waals surface area (Å²) in [6.07, 6.45) is 2.25. The molecular weight excluding hydrogens is 324 g/mol. The van der Waals surface area contributed by atoms with Gasteiger partial charge in [0, 0.05) is 11.8 Å². The number of hydrogen-bond donors (Lipinski definition) is 2. The molecule has 0 spiro atoms. The van der Waals surface area contributed by atoms with E-state index in [1.807, 2.05) is 24.3 Å². The Bertz CT molecular complexity index is 896. The van der Waals surface area contributed by atoms with Crippen LogP contribution in [0.4, 0.5) is 5.82 Å². The van der Waals surface area contributed by atoms with Gasteiger partial charge in [0.2, 0.25) is 0 Å². The Morgan fingerprint density at radius 3 is 2.75 bits per heavy atom. The number of carboxylic acids is 1. The summed E-state index contributed by atoms with van der Waals surface area (Å²) < 4.78 is 1.38. The van der Waals surface area contributed by atoms with Gasteiger partial charge in [0.25, 0.3) is 0 Å². The molecule has 0 bridgehead atoms. The van der Waals surface area contributed by atoms with Crippen molar-refractivity contribution >= 4 is 30.1 Å². The van der Waals surface area contributed by atoms with E-state index in [0.717, 1.165) is 18.8 Å². The van der Waals surface area contributed by atoms with Crippen LogP contribution in [0.5, 0.6) is 0 Å². The van der Waals surface area contributed by atoms with Crippen LogP contribution < -0.4 is 4.90 Å². The number of thiol groups is 1. The molecule has 7 heteroatoms. The van der Waals surface area contributed by atoms with E-state index in [9.17, 15) is 9.90 Å². The highest BCUT2D eigenvalue weighted by Crippen LogP contribution is 2.37. The third-order valence-corrected chi connectivity index (χ3v) is 4.70. The minimum absolute atomic E-state index is 0.0599. The number of nitrogens with zero attached hydrogens (tertiary/aromatic N) is 4. The Hall–Kier alpha value is -2.54. The van der Waals surface area contributed by atoms with Gasteiger partial charge in [-0.3, -0.25) is 0 Å². The van der Waals surface area contributed by atoms with Gasteiger partial charge in [-0.15, -0.1) is 5.10 Å². The van der Waals surface area contributed by atoms with Crippen LogP contribution >= 0.6 is 12.6 Å². The van der Waals surface area contributed by atoms with E-state index >= 15 is 0 Å². The summed E-state index contributed by atoms with van der Waals surface area (Å²) >= 11 is 4.64. The molecule has 2 unspecified atom stereocenters. The molecule has 2 aromatic heterocycles. The predicted octanol–water partition coefficient (Wildman–Crippen LogP) is 2.68. The summed E-state index contributed by atoms with van der Waals surface area (Å²) in [4.78, 5) is 17.6. The molecule has 1 aliphatic heterocycles. The molecule has 6 nitrogen and oxygen atoms in total. The van der Waals surface area contributed by atoms with Crippen molar-refractivity contribution in [3.63, 3.8) is 0 Å². The van der Waals surface area contributed by atoms with Crippen LogP contribution in [0.2, 0.25) is 0 Å². The lowest BCUT2D eigenvalue weighted by Gasteiger charge is -2.25. The van der Waals surface area contributed by atoms with Gasteiger partial charge in [-0.1, -0.05) is 30.3 Å². The van der Waals surface area contributed by atoms with E-state index in [0.29, 0.717) is 5.65 Å². The Kier molecular flexibility index (Phi) is 3.65. The second-order valence-corrected chi connectivity index (χ2v) is 6.61. The SMILES string of the molecule is O=C(O)c1cnc2ccc(N3CC(S)CC3c3ccccc3)nn12. The number of benzene rings is 1. The molecular formula is C17H16N4O2S. The van der Waals surface area contributed by atoms with Gasteiger partial charge in [0.1, 0.15) is 5.82 Å². The molecule has 0 aliphatic carbocycles. The van der Waals surface area contributed by atoms with Crippen LogP contribution in [0, 0.1) is 0 Å². The summed E-state index contributed by atoms with van der Waals surface area (Å²) in [7, 11) is 0. The van der Waals surface area contributed by atoms with Crippen molar-refractivity contribution < 1.29 is 9.90 Å². The minimum atomic E-state index is -1.04. The monoisotopic (exact) mass is 340 g/mol. The molecule has 1 N–H and O–H groups in total. The largest absolute Gasteiger partial charge is 0.476 e. The summed E-state index contributed by atoms with van der Waals surface area (Å²) in [5.41, 5.74) is 1.79. The number of aromatic carboxylic acids is 1. The zero-order chi connectivity index (χ0) is 16.7. The molecule has 1 aromatic carbocycles. The van der Waals surface area contributed by atoms with Crippen LogP contribution in [0.3, 0.4) is 0 Å². The van der Waals surface area contributed by atoms with Crippen molar-refractivity contribution in [2.45, 2.75) is 17.7 Å². The average molecular weight is 340 g/mol. The van der Waals surface area contributed by atoms with E-state index in [4.69, 9.17) is 0 Å². The number of fused-ring (bicyclic) bond motifs is 1. The van der Waals surface area contributed by atoms with E-state index in [-0.39, 0.29) is 17.0 Å². The fourth-order valence-electron chi connectivity index (χ4n) is 3.22. The molecule has 1 saturated heterocycles. The van der Waals surface area contributed by atoms with Crippen molar-refractivity contribution in [1.29, 1.82) is 0 Å². The maximum atomic E-state index is 11.3. The Morgan fingerprint density at radius 2 is 2.00 bits per heavy atom. The molecule has 3 aromatic rings. The first-order valence-corrected chi connectivity index (χ1v) is 8.23. The summed E-state index contributed by atoms with van der Waals surface area (Å²) in [6.45, 7) is 0.762. The van der Waals surface area contributed by atoms with Crippen LogP contribution in [-0.2, 0) is 0 Å². The Balaban J connectivity index is 1.77. The van der Waals surface area contributed by atoms with Crippen molar-refractivity contribution in [2.75, 3.05) is 11.4 Å². The highest BCUT2D eigenvalue weighted by molar-refractivity contribution is 7.81. The molecule has 0 amide bonds. The normalized spacial score (nSPS) is 20.6. The average Bonchev–Trinajstić information content (AvgIpc) is 3.18. The first-order chi connectivity index (χ1) is 11.6. The van der Waals surface area contributed by atoms with Crippen molar-refractivity contribution in [2.24, 2.45) is 0 Å². The van der Waals surface area contributed by atoms with Crippen molar-refractivity contribution in [3.05, 3.63) is 59.9 Å². The van der Waals surface area contributed by atoms with Gasteiger partial charge < -0.3 is 10.0 Å². The van der Waals surface area contributed by atoms with Gasteiger partial charge >= 0.3 is 5.97 Å². The first-order valence-electron chi connectivity index (χ1n) is 7.71. The molecule has 4 rings (SSSR count). The third kappa shape index (κ3) is 2.50. The number of carboxylic acid groups (broad SMARTS) is 1. The van der Waals surface area contributed by atoms with E-state index in [2.05, 4.69) is 39.7 Å². The molecule has 1 aliphatic rings. The molecule has 1 fully saturated rings. The molecule has 0 saturated carbocycles. The second kappa shape index (κ2) is 5.83. The van der Waals surface area contributed by atoms with Gasteiger partial charge in [-0.25, -0.2) is 14.3 Å². The zero-order valence-electron chi connectivity index (χ0n) is 12.8. The lowest BCUT2D eigenvalue weighted by Crippen LogP contribution is -2.25. The number of carbonyl (C=O) groups is 1. The van der Waals surface area contributed by atoms with Gasteiger partial charge in [-0.05, 0) is 24.1 Å². The zero-order valence-corrected chi connectivity index (χ0v) is 13.7. The van der Waals surface area contributed by atoms with Gasteiger partial charge in [-0.2, -0.15) is 12.6 Å². The number of aromatic nitrogens is 3. The standard InChI is InChI=1S/C17H16N4O2S/c22-17(23)14-9-18-15-6-7-16(19-21(14)15)20-10-12(24)8-13(20)11-4-2-1-3-5-11/h1-7,9,12-13,24H,8,10H2,(H,22,23). The number of hydrogen-bond acceptors (Lipinski definition) is 5. The quantitative estimate of drug-likeness (QED) is 0.717. The van der Waals surface area contributed by atoms with Crippen LogP contribution in [0.25, 0.3) is 5.65 Å². The highest BCUT2D eigenvalue weighted by atomic mass is 32.1. The van der Waals surface area contributed by atoms with Gasteiger partial charge in [0.15, 0.2) is 11.3 Å². The number of anilines is 1. The van der Waals surface area contributed by atoms with Crippen LogP contribution in [0.15, 0.2) is 48.7 Å². The highest BCUT2D eigenvalue weighted by Gasteiger charge is 2.32. The summed E-state index contributed by atoms with van der Waals surface area (Å²) in [5.74, 6) is -0.311. The third-order valence-electron chi connectivity index (χ3n) is 4.32. The van der Waals surface area contributed by atoms with Crippen LogP contribution in [0.1, 0.15) is 28.5 Å². The Labute approximate surface area is 144 Å². The topological polar surface area (TPSA) is 70.7 Å². The molecule has 3 heterocycles.